The van der Waals surface area contributed by atoms with Crippen molar-refractivity contribution in [3.63, 3.8) is 0 Å². The maximum Gasteiger partial charge on any atom is 0.0414 e. The number of nitrogens with zero attached hydrogens (tertiary/aromatic N) is 1. The van der Waals surface area contributed by atoms with Crippen molar-refractivity contribution in [1.29, 1.82) is 0 Å². The van der Waals surface area contributed by atoms with Crippen LogP contribution in [0.1, 0.15) is 44.5 Å². The maximum absolute atomic E-state index is 3.62. The predicted octanol–water partition coefficient (Wildman–Crippen LogP) is 4.28. The standard InChI is InChI=1S/C15H25BrN2S/c1-11(2)8-18(9-14-5-4-6-17-14)12(3)15-7-13(16)10-19-15/h7,10-12,14,17H,4-6,8-9H2,1-3H3. The van der Waals surface area contributed by atoms with E-state index in [4.69, 9.17) is 0 Å². The van der Waals surface area contributed by atoms with Crippen molar-refractivity contribution in [3.05, 3.63) is 20.8 Å². The van der Waals surface area contributed by atoms with E-state index in [2.05, 4.69) is 58.4 Å². The van der Waals surface area contributed by atoms with Gasteiger partial charge in [-0.1, -0.05) is 13.8 Å². The summed E-state index contributed by atoms with van der Waals surface area (Å²) in [5.41, 5.74) is 0. The minimum Gasteiger partial charge on any atom is -0.313 e. The molecule has 0 aliphatic carbocycles. The fourth-order valence-corrected chi connectivity index (χ4v) is 4.32. The van der Waals surface area contributed by atoms with E-state index in [1.807, 2.05) is 11.3 Å². The lowest BCUT2D eigenvalue weighted by molar-refractivity contribution is 0.174. The minimum atomic E-state index is 0.515. The van der Waals surface area contributed by atoms with Crippen LogP contribution in [-0.2, 0) is 0 Å². The molecule has 2 unspecified atom stereocenters. The van der Waals surface area contributed by atoms with Crippen LogP contribution in [0.5, 0.6) is 0 Å². The molecule has 108 valence electrons. The van der Waals surface area contributed by atoms with Crippen LogP contribution in [0.25, 0.3) is 0 Å². The molecule has 1 aromatic rings. The van der Waals surface area contributed by atoms with Crippen molar-refractivity contribution >= 4 is 27.3 Å². The minimum absolute atomic E-state index is 0.515. The second-order valence-electron chi connectivity index (χ2n) is 5.98. The van der Waals surface area contributed by atoms with Gasteiger partial charge in [-0.3, -0.25) is 4.90 Å². The van der Waals surface area contributed by atoms with Gasteiger partial charge in [-0.05, 0) is 54.2 Å². The van der Waals surface area contributed by atoms with Crippen LogP contribution in [0.2, 0.25) is 0 Å². The number of thiophene rings is 1. The zero-order valence-corrected chi connectivity index (χ0v) is 14.6. The van der Waals surface area contributed by atoms with Crippen LogP contribution in [0.4, 0.5) is 0 Å². The summed E-state index contributed by atoms with van der Waals surface area (Å²) < 4.78 is 1.21. The van der Waals surface area contributed by atoms with Gasteiger partial charge in [-0.2, -0.15) is 0 Å². The lowest BCUT2D eigenvalue weighted by Crippen LogP contribution is -2.40. The molecule has 19 heavy (non-hydrogen) atoms. The fourth-order valence-electron chi connectivity index (χ4n) is 2.78. The molecule has 0 amide bonds. The maximum atomic E-state index is 3.62. The van der Waals surface area contributed by atoms with Crippen LogP contribution >= 0.6 is 27.3 Å². The summed E-state index contributed by atoms with van der Waals surface area (Å²) in [5, 5.41) is 5.81. The third-order valence-electron chi connectivity index (χ3n) is 3.76. The Labute approximate surface area is 129 Å². The first-order chi connectivity index (χ1) is 9.06. The van der Waals surface area contributed by atoms with Gasteiger partial charge in [-0.25, -0.2) is 0 Å². The summed E-state index contributed by atoms with van der Waals surface area (Å²) >= 11 is 5.43. The highest BCUT2D eigenvalue weighted by Crippen LogP contribution is 2.30. The highest BCUT2D eigenvalue weighted by atomic mass is 79.9. The quantitative estimate of drug-likeness (QED) is 0.828. The summed E-state index contributed by atoms with van der Waals surface area (Å²) in [6.07, 6.45) is 2.66. The predicted molar refractivity (Wildman–Crippen MR) is 87.9 cm³/mol. The normalized spacial score (nSPS) is 21.5. The monoisotopic (exact) mass is 344 g/mol. The van der Waals surface area contributed by atoms with Crippen molar-refractivity contribution in [2.75, 3.05) is 19.6 Å². The molecule has 4 heteroatoms. The third-order valence-corrected chi connectivity index (χ3v) is 5.63. The van der Waals surface area contributed by atoms with Gasteiger partial charge in [0.1, 0.15) is 0 Å². The molecule has 0 aromatic carbocycles. The van der Waals surface area contributed by atoms with Crippen LogP contribution in [-0.4, -0.2) is 30.6 Å². The van der Waals surface area contributed by atoms with Gasteiger partial charge < -0.3 is 5.32 Å². The van der Waals surface area contributed by atoms with Crippen molar-refractivity contribution in [3.8, 4) is 0 Å². The topological polar surface area (TPSA) is 15.3 Å². The average molecular weight is 345 g/mol. The van der Waals surface area contributed by atoms with Gasteiger partial charge in [0.15, 0.2) is 0 Å². The van der Waals surface area contributed by atoms with E-state index in [1.54, 1.807) is 0 Å². The van der Waals surface area contributed by atoms with Crippen molar-refractivity contribution in [2.45, 2.75) is 45.7 Å². The molecule has 1 N–H and O–H groups in total. The van der Waals surface area contributed by atoms with Crippen molar-refractivity contribution in [2.24, 2.45) is 5.92 Å². The lowest BCUT2D eigenvalue weighted by Gasteiger charge is -2.32. The van der Waals surface area contributed by atoms with Crippen LogP contribution in [0, 0.1) is 5.92 Å². The number of nitrogens with one attached hydrogen (secondary N) is 1. The molecule has 1 aliphatic rings. The van der Waals surface area contributed by atoms with Gasteiger partial charge in [0, 0.05) is 39.9 Å². The largest absolute Gasteiger partial charge is 0.313 e. The first-order valence-corrected chi connectivity index (χ1v) is 8.95. The van der Waals surface area contributed by atoms with Crippen LogP contribution in [0.3, 0.4) is 0 Å². The SMILES string of the molecule is CC(C)CN(CC1CCCN1)C(C)c1cc(Br)cs1. The highest BCUT2D eigenvalue weighted by molar-refractivity contribution is 9.10. The van der Waals surface area contributed by atoms with Crippen LogP contribution < -0.4 is 5.32 Å². The molecule has 1 saturated heterocycles. The molecule has 2 atom stereocenters. The van der Waals surface area contributed by atoms with E-state index in [0.717, 1.165) is 0 Å². The molecule has 0 bridgehead atoms. The van der Waals surface area contributed by atoms with Crippen molar-refractivity contribution in [1.82, 2.24) is 10.2 Å². The summed E-state index contributed by atoms with van der Waals surface area (Å²) in [4.78, 5) is 4.11. The molecular formula is C15H25BrN2S. The Bertz CT molecular complexity index is 385. The van der Waals surface area contributed by atoms with Crippen molar-refractivity contribution < 1.29 is 0 Å². The number of rotatable bonds is 6. The average Bonchev–Trinajstić information content (AvgIpc) is 2.98. The zero-order valence-electron chi connectivity index (χ0n) is 12.2. The van der Waals surface area contributed by atoms with Gasteiger partial charge in [0.2, 0.25) is 0 Å². The molecule has 0 radical (unpaired) electrons. The molecule has 2 heterocycles. The Morgan fingerprint density at radius 1 is 1.47 bits per heavy atom. The van der Waals surface area contributed by atoms with E-state index in [0.29, 0.717) is 18.0 Å². The Morgan fingerprint density at radius 3 is 2.79 bits per heavy atom. The van der Waals surface area contributed by atoms with E-state index in [1.165, 1.54) is 41.8 Å². The number of hydrogen-bond donors (Lipinski definition) is 1. The molecule has 0 spiro atoms. The first-order valence-electron chi connectivity index (χ1n) is 7.27. The molecule has 1 aromatic heterocycles. The van der Waals surface area contributed by atoms with E-state index >= 15 is 0 Å². The van der Waals surface area contributed by atoms with E-state index in [9.17, 15) is 0 Å². The second-order valence-corrected chi connectivity index (χ2v) is 7.84. The molecule has 0 saturated carbocycles. The molecule has 1 fully saturated rings. The molecule has 2 rings (SSSR count). The van der Waals surface area contributed by atoms with E-state index in [-0.39, 0.29) is 0 Å². The Hall–Kier alpha value is 0.1000. The molecule has 1 aliphatic heterocycles. The fraction of sp³-hybridized carbons (Fsp3) is 0.733. The second kappa shape index (κ2) is 7.21. The van der Waals surface area contributed by atoms with Gasteiger partial charge in [0.05, 0.1) is 0 Å². The van der Waals surface area contributed by atoms with Gasteiger partial charge in [0.25, 0.3) is 0 Å². The summed E-state index contributed by atoms with van der Waals surface area (Å²) in [7, 11) is 0. The molecular weight excluding hydrogens is 320 g/mol. The summed E-state index contributed by atoms with van der Waals surface area (Å²) in [6.45, 7) is 10.5. The van der Waals surface area contributed by atoms with E-state index < -0.39 is 0 Å². The third kappa shape index (κ3) is 4.55. The lowest BCUT2D eigenvalue weighted by atomic mass is 10.1. The smallest absolute Gasteiger partial charge is 0.0414 e. The summed E-state index contributed by atoms with van der Waals surface area (Å²) in [6, 6.07) is 3.47. The van der Waals surface area contributed by atoms with Crippen LogP contribution in [0.15, 0.2) is 15.9 Å². The first kappa shape index (κ1) is 15.5. The zero-order chi connectivity index (χ0) is 13.8. The Kier molecular flexibility index (Phi) is 5.87. The number of halogens is 1. The Balaban J connectivity index is 2.02. The summed E-state index contributed by atoms with van der Waals surface area (Å²) in [5.74, 6) is 0.715. The van der Waals surface area contributed by atoms with Gasteiger partial charge >= 0.3 is 0 Å². The number of hydrogen-bond acceptors (Lipinski definition) is 3. The van der Waals surface area contributed by atoms with Gasteiger partial charge in [-0.15, -0.1) is 11.3 Å². The highest BCUT2D eigenvalue weighted by Gasteiger charge is 2.23. The Morgan fingerprint density at radius 2 is 2.26 bits per heavy atom. The molecule has 2 nitrogen and oxygen atoms in total.